The second-order valence-corrected chi connectivity index (χ2v) is 7.30. The highest BCUT2D eigenvalue weighted by molar-refractivity contribution is 7.85. The average molecular weight is 321 g/mol. The van der Waals surface area contributed by atoms with E-state index < -0.39 is 10.1 Å². The molecular formula is C16H19NO4S. The van der Waals surface area contributed by atoms with Gasteiger partial charge in [0.2, 0.25) is 0 Å². The predicted octanol–water partition coefficient (Wildman–Crippen LogP) is 2.81. The van der Waals surface area contributed by atoms with Gasteiger partial charge in [-0.05, 0) is 23.8 Å². The largest absolute Gasteiger partial charge is 0.507 e. The van der Waals surface area contributed by atoms with E-state index in [2.05, 4.69) is 5.32 Å². The Morgan fingerprint density at radius 3 is 2.77 bits per heavy atom. The van der Waals surface area contributed by atoms with E-state index in [4.69, 9.17) is 4.18 Å². The fraction of sp³-hybridized carbons (Fsp3) is 0.375. The third kappa shape index (κ3) is 3.03. The minimum Gasteiger partial charge on any atom is -0.507 e. The lowest BCUT2D eigenvalue weighted by molar-refractivity contribution is 0.289. The molecule has 0 fully saturated rings. The molecular weight excluding hydrogens is 302 g/mol. The number of phenolic OH excluding ortho intramolecular Hbond substituents is 1. The van der Waals surface area contributed by atoms with Crippen molar-refractivity contribution in [3.63, 3.8) is 0 Å². The number of benzene rings is 2. The van der Waals surface area contributed by atoms with Crippen LogP contribution >= 0.6 is 0 Å². The summed E-state index contributed by atoms with van der Waals surface area (Å²) in [5.74, 6) is 0.205. The molecule has 1 aliphatic rings. The minimum atomic E-state index is -3.47. The second-order valence-electron chi connectivity index (χ2n) is 5.66. The van der Waals surface area contributed by atoms with Gasteiger partial charge in [0.15, 0.2) is 0 Å². The Morgan fingerprint density at radius 1 is 1.32 bits per heavy atom. The molecule has 5 nitrogen and oxygen atoms in total. The van der Waals surface area contributed by atoms with Crippen LogP contribution in [0.1, 0.15) is 24.3 Å². The molecule has 22 heavy (non-hydrogen) atoms. The van der Waals surface area contributed by atoms with Gasteiger partial charge in [0.25, 0.3) is 10.1 Å². The van der Waals surface area contributed by atoms with E-state index in [0.29, 0.717) is 0 Å². The quantitative estimate of drug-likeness (QED) is 0.850. The molecule has 118 valence electrons. The number of phenols is 1. The maximum absolute atomic E-state index is 11.3. The van der Waals surface area contributed by atoms with Crippen molar-refractivity contribution in [2.24, 2.45) is 0 Å². The number of anilines is 1. The maximum Gasteiger partial charge on any atom is 0.264 e. The van der Waals surface area contributed by atoms with Crippen LogP contribution in [-0.4, -0.2) is 32.9 Å². The molecule has 2 aromatic rings. The third-order valence-electron chi connectivity index (χ3n) is 4.00. The van der Waals surface area contributed by atoms with Crippen molar-refractivity contribution < 1.29 is 17.7 Å². The zero-order valence-electron chi connectivity index (χ0n) is 12.4. The molecule has 0 saturated carbocycles. The summed E-state index contributed by atoms with van der Waals surface area (Å²) in [6, 6.07) is 9.33. The van der Waals surface area contributed by atoms with Crippen LogP contribution in [0.15, 0.2) is 30.3 Å². The van der Waals surface area contributed by atoms with E-state index in [-0.39, 0.29) is 18.3 Å². The Labute approximate surface area is 130 Å². The second kappa shape index (κ2) is 5.78. The van der Waals surface area contributed by atoms with Gasteiger partial charge in [-0.15, -0.1) is 0 Å². The minimum absolute atomic E-state index is 0.0229. The van der Waals surface area contributed by atoms with Gasteiger partial charge in [-0.1, -0.05) is 24.3 Å². The smallest absolute Gasteiger partial charge is 0.264 e. The topological polar surface area (TPSA) is 75.6 Å². The lowest BCUT2D eigenvalue weighted by atomic mass is 9.90. The summed E-state index contributed by atoms with van der Waals surface area (Å²) in [4.78, 5) is 0. The van der Waals surface area contributed by atoms with Crippen LogP contribution in [0.4, 0.5) is 5.69 Å². The molecule has 6 heteroatoms. The average Bonchev–Trinajstić information content (AvgIpc) is 2.67. The first kappa shape index (κ1) is 15.1. The van der Waals surface area contributed by atoms with E-state index in [1.807, 2.05) is 24.3 Å². The van der Waals surface area contributed by atoms with E-state index in [0.717, 1.165) is 47.7 Å². The van der Waals surface area contributed by atoms with Crippen molar-refractivity contribution in [2.75, 3.05) is 24.7 Å². The number of hydrogen-bond donors (Lipinski definition) is 2. The molecule has 0 bridgehead atoms. The molecule has 1 unspecified atom stereocenters. The van der Waals surface area contributed by atoms with Gasteiger partial charge in [0.1, 0.15) is 5.75 Å². The molecule has 1 atom stereocenters. The molecule has 0 spiro atoms. The van der Waals surface area contributed by atoms with Crippen molar-refractivity contribution >= 4 is 26.6 Å². The summed E-state index contributed by atoms with van der Waals surface area (Å²) in [6.45, 7) is 0.919. The van der Waals surface area contributed by atoms with E-state index in [1.54, 1.807) is 6.07 Å². The molecule has 1 aliphatic heterocycles. The van der Waals surface area contributed by atoms with Gasteiger partial charge in [0.05, 0.1) is 12.9 Å². The van der Waals surface area contributed by atoms with Crippen LogP contribution in [0, 0.1) is 0 Å². The zero-order chi connectivity index (χ0) is 15.7. The zero-order valence-corrected chi connectivity index (χ0v) is 13.2. The Balaban J connectivity index is 2.12. The van der Waals surface area contributed by atoms with Crippen molar-refractivity contribution in [2.45, 2.75) is 18.8 Å². The molecule has 0 radical (unpaired) electrons. The van der Waals surface area contributed by atoms with Gasteiger partial charge in [-0.2, -0.15) is 8.42 Å². The fourth-order valence-electron chi connectivity index (χ4n) is 3.05. The lowest BCUT2D eigenvalue weighted by Gasteiger charge is -2.20. The first-order valence-corrected chi connectivity index (χ1v) is 9.10. The van der Waals surface area contributed by atoms with Crippen molar-refractivity contribution in [3.05, 3.63) is 35.9 Å². The van der Waals surface area contributed by atoms with Crippen LogP contribution in [-0.2, 0) is 14.3 Å². The van der Waals surface area contributed by atoms with Crippen LogP contribution in [0.2, 0.25) is 0 Å². The Morgan fingerprint density at radius 2 is 2.05 bits per heavy atom. The molecule has 1 heterocycles. The maximum atomic E-state index is 11.3. The Kier molecular flexibility index (Phi) is 3.97. The summed E-state index contributed by atoms with van der Waals surface area (Å²) in [6.07, 6.45) is 2.82. The first-order valence-electron chi connectivity index (χ1n) is 7.28. The standard InChI is InChI=1S/C16H19NO4S/c1-22(19,20)21-10-11-5-4-8-17-14-9-15(18)12-6-2-3-7-13(12)16(11)14/h2-3,6-7,9,11,17-18H,4-5,8,10H2,1H3. The molecule has 2 N–H and O–H groups in total. The van der Waals surface area contributed by atoms with Gasteiger partial charge < -0.3 is 10.4 Å². The van der Waals surface area contributed by atoms with Gasteiger partial charge in [-0.3, -0.25) is 4.18 Å². The third-order valence-corrected chi connectivity index (χ3v) is 4.57. The SMILES string of the molecule is CS(=O)(=O)OCC1CCCNc2cc(O)c3ccccc3c21. The molecule has 3 rings (SSSR count). The monoisotopic (exact) mass is 321 g/mol. The molecule has 0 saturated heterocycles. The van der Waals surface area contributed by atoms with E-state index in [1.165, 1.54) is 0 Å². The summed E-state index contributed by atoms with van der Waals surface area (Å²) in [7, 11) is -3.47. The van der Waals surface area contributed by atoms with Crippen LogP contribution in [0.25, 0.3) is 10.8 Å². The Hall–Kier alpha value is -1.79. The summed E-state index contributed by atoms with van der Waals surface area (Å²) < 4.78 is 27.7. The number of nitrogens with one attached hydrogen (secondary N) is 1. The summed E-state index contributed by atoms with van der Waals surface area (Å²) in [5, 5.41) is 15.2. The van der Waals surface area contributed by atoms with Crippen LogP contribution in [0.3, 0.4) is 0 Å². The normalized spacial score (nSPS) is 18.5. The van der Waals surface area contributed by atoms with Crippen molar-refractivity contribution in [3.8, 4) is 5.75 Å². The Bertz CT molecular complexity index is 801. The van der Waals surface area contributed by atoms with Crippen molar-refractivity contribution in [1.82, 2.24) is 0 Å². The highest BCUT2D eigenvalue weighted by Gasteiger charge is 2.24. The van der Waals surface area contributed by atoms with Gasteiger partial charge >= 0.3 is 0 Å². The van der Waals surface area contributed by atoms with E-state index >= 15 is 0 Å². The number of rotatable bonds is 3. The van der Waals surface area contributed by atoms with Crippen molar-refractivity contribution in [1.29, 1.82) is 0 Å². The van der Waals surface area contributed by atoms with E-state index in [9.17, 15) is 13.5 Å². The summed E-state index contributed by atoms with van der Waals surface area (Å²) >= 11 is 0. The number of aromatic hydroxyl groups is 1. The highest BCUT2D eigenvalue weighted by atomic mass is 32.2. The molecule has 2 aromatic carbocycles. The number of hydrogen-bond acceptors (Lipinski definition) is 5. The van der Waals surface area contributed by atoms with Gasteiger partial charge in [0, 0.05) is 29.6 Å². The molecule has 0 aromatic heterocycles. The highest BCUT2D eigenvalue weighted by Crippen LogP contribution is 2.41. The fourth-order valence-corrected chi connectivity index (χ4v) is 3.46. The van der Waals surface area contributed by atoms with Gasteiger partial charge in [-0.25, -0.2) is 0 Å². The molecule has 0 amide bonds. The number of fused-ring (bicyclic) bond motifs is 3. The first-order chi connectivity index (χ1) is 10.5. The lowest BCUT2D eigenvalue weighted by Crippen LogP contribution is -2.12. The predicted molar refractivity (Wildman–Crippen MR) is 86.9 cm³/mol. The van der Waals surface area contributed by atoms with Crippen LogP contribution < -0.4 is 5.32 Å². The summed E-state index contributed by atoms with van der Waals surface area (Å²) in [5.41, 5.74) is 1.88. The molecule has 0 aliphatic carbocycles. The van der Waals surface area contributed by atoms with Crippen LogP contribution in [0.5, 0.6) is 5.75 Å².